The predicted octanol–water partition coefficient (Wildman–Crippen LogP) is 3.96. The van der Waals surface area contributed by atoms with Gasteiger partial charge in [-0.25, -0.2) is 9.40 Å². The highest BCUT2D eigenvalue weighted by atomic mass is 35.5. The zero-order valence-corrected chi connectivity index (χ0v) is 25.6. The van der Waals surface area contributed by atoms with Crippen LogP contribution in [-0.2, 0) is 22.7 Å². The van der Waals surface area contributed by atoms with E-state index in [1.165, 1.54) is 17.1 Å². The molecule has 2 N–H and O–H groups in total. The van der Waals surface area contributed by atoms with Crippen LogP contribution in [0.2, 0.25) is 0 Å². The number of aromatic nitrogens is 2. The van der Waals surface area contributed by atoms with Crippen molar-refractivity contribution in [3.8, 4) is 11.4 Å². The van der Waals surface area contributed by atoms with Gasteiger partial charge in [-0.05, 0) is 41.8 Å². The summed E-state index contributed by atoms with van der Waals surface area (Å²) >= 11 is 0. The minimum absolute atomic E-state index is 0. The maximum absolute atomic E-state index is 13.6. The third-order valence-electron chi connectivity index (χ3n) is 6.73. The Morgan fingerprint density at radius 1 is 1.07 bits per heavy atom. The minimum atomic E-state index is -0.292. The average molecular weight is 611 g/mol. The number of halogens is 3. The molecule has 41 heavy (non-hydrogen) atoms. The van der Waals surface area contributed by atoms with E-state index in [9.17, 15) is 14.0 Å². The maximum atomic E-state index is 13.6. The second-order valence-electron chi connectivity index (χ2n) is 10.1. The van der Waals surface area contributed by atoms with Gasteiger partial charge in [-0.3, -0.25) is 14.6 Å². The van der Waals surface area contributed by atoms with E-state index in [0.29, 0.717) is 37.9 Å². The first-order valence-electron chi connectivity index (χ1n) is 13.1. The molecule has 1 aliphatic heterocycles. The lowest BCUT2D eigenvalue weighted by atomic mass is 10.1. The van der Waals surface area contributed by atoms with Crippen LogP contribution in [0.5, 0.6) is 0 Å². The molecule has 3 aromatic rings. The van der Waals surface area contributed by atoms with Gasteiger partial charge in [0.1, 0.15) is 12.4 Å². The number of carbonyl (C=O) groups excluding carboxylic acids is 2. The number of fused-ring (bicyclic) bond motifs is 1. The standard InChI is InChI=1S/C28H36FN7O3.2ClH/c1-18(2)30-10-11-35(17-27(38)34(5)36-15-22-8-9-24(29)12-23(22)16-36)26(37)14-31-25-13-21(7-6-19(25)3)28-32-20(4)39-33-28;;/h6-9,12-13,18,30-31H,10-11,14-17H2,1-5H3;2*1H. The third-order valence-corrected chi connectivity index (χ3v) is 6.73. The van der Waals surface area contributed by atoms with Crippen LogP contribution in [0.3, 0.4) is 0 Å². The molecular weight excluding hydrogens is 572 g/mol. The number of hydrogen-bond acceptors (Lipinski definition) is 8. The SMILES string of the molecule is Cc1nc(-c2ccc(C)c(NCC(=O)N(CCNC(C)C)CC(=O)N(C)N3Cc4ccc(F)cc4C3)c2)no1.Cl.Cl. The van der Waals surface area contributed by atoms with Gasteiger partial charge in [0.15, 0.2) is 0 Å². The molecule has 10 nitrogen and oxygen atoms in total. The first-order chi connectivity index (χ1) is 18.6. The molecule has 0 radical (unpaired) electrons. The lowest BCUT2D eigenvalue weighted by molar-refractivity contribution is -0.151. The van der Waals surface area contributed by atoms with Crippen LogP contribution < -0.4 is 10.6 Å². The number of hydrazine groups is 1. The molecule has 0 unspecified atom stereocenters. The number of amides is 2. The number of likely N-dealkylation sites (N-methyl/N-ethyl adjacent to an activating group) is 1. The van der Waals surface area contributed by atoms with Crippen molar-refractivity contribution in [3.63, 3.8) is 0 Å². The van der Waals surface area contributed by atoms with E-state index >= 15 is 0 Å². The number of nitrogens with one attached hydrogen (secondary N) is 2. The fourth-order valence-electron chi connectivity index (χ4n) is 4.41. The molecule has 13 heteroatoms. The van der Waals surface area contributed by atoms with Crippen LogP contribution >= 0.6 is 24.8 Å². The Balaban J connectivity index is 0.00000294. The first kappa shape index (κ1) is 34.0. The number of hydrogen-bond donors (Lipinski definition) is 2. The Morgan fingerprint density at radius 2 is 1.80 bits per heavy atom. The summed E-state index contributed by atoms with van der Waals surface area (Å²) in [5, 5.41) is 13.9. The second kappa shape index (κ2) is 15.1. The van der Waals surface area contributed by atoms with E-state index in [1.54, 1.807) is 24.9 Å². The number of rotatable bonds is 11. The zero-order valence-electron chi connectivity index (χ0n) is 23.9. The number of carbonyl (C=O) groups is 2. The Hall–Kier alpha value is -3.25. The Kier molecular flexibility index (Phi) is 12.5. The molecule has 2 amide bonds. The molecule has 4 rings (SSSR count). The van der Waals surface area contributed by atoms with Crippen LogP contribution in [0, 0.1) is 19.7 Å². The van der Waals surface area contributed by atoms with Crippen molar-refractivity contribution in [2.24, 2.45) is 0 Å². The predicted molar refractivity (Wildman–Crippen MR) is 160 cm³/mol. The first-order valence-corrected chi connectivity index (χ1v) is 13.1. The van der Waals surface area contributed by atoms with Crippen molar-refractivity contribution >= 4 is 42.3 Å². The zero-order chi connectivity index (χ0) is 28.1. The second-order valence-corrected chi connectivity index (χ2v) is 10.1. The molecule has 0 saturated heterocycles. The van der Waals surface area contributed by atoms with Crippen molar-refractivity contribution in [2.75, 3.05) is 38.5 Å². The van der Waals surface area contributed by atoms with E-state index in [0.717, 1.165) is 27.9 Å². The topological polar surface area (TPSA) is 107 Å². The van der Waals surface area contributed by atoms with Crippen molar-refractivity contribution in [2.45, 2.75) is 46.8 Å². The number of nitrogens with zero attached hydrogens (tertiary/aromatic N) is 5. The van der Waals surface area contributed by atoms with E-state index in [-0.39, 0.29) is 61.6 Å². The summed E-state index contributed by atoms with van der Waals surface area (Å²) < 4.78 is 18.7. The van der Waals surface area contributed by atoms with Crippen molar-refractivity contribution in [1.29, 1.82) is 0 Å². The van der Waals surface area contributed by atoms with Gasteiger partial charge in [0, 0.05) is 57.4 Å². The Morgan fingerprint density at radius 3 is 2.49 bits per heavy atom. The van der Waals surface area contributed by atoms with Gasteiger partial charge in [0.2, 0.25) is 17.6 Å². The van der Waals surface area contributed by atoms with Crippen LogP contribution in [0.25, 0.3) is 11.4 Å². The van der Waals surface area contributed by atoms with Gasteiger partial charge in [0.05, 0.1) is 6.54 Å². The van der Waals surface area contributed by atoms with Gasteiger partial charge < -0.3 is 20.1 Å². The van der Waals surface area contributed by atoms with E-state index in [4.69, 9.17) is 4.52 Å². The molecule has 1 aromatic heterocycles. The smallest absolute Gasteiger partial charge is 0.256 e. The minimum Gasteiger partial charge on any atom is -0.376 e. The molecule has 224 valence electrons. The quantitative estimate of drug-likeness (QED) is 0.336. The van der Waals surface area contributed by atoms with Gasteiger partial charge >= 0.3 is 0 Å². The van der Waals surface area contributed by atoms with Crippen molar-refractivity contribution < 1.29 is 18.5 Å². The lowest BCUT2D eigenvalue weighted by Gasteiger charge is -2.31. The van der Waals surface area contributed by atoms with Crippen molar-refractivity contribution in [1.82, 2.24) is 30.4 Å². The molecule has 0 saturated carbocycles. The summed E-state index contributed by atoms with van der Waals surface area (Å²) in [5.74, 6) is 0.241. The molecule has 0 atom stereocenters. The number of benzene rings is 2. The highest BCUT2D eigenvalue weighted by Crippen LogP contribution is 2.25. The molecule has 0 spiro atoms. The normalized spacial score (nSPS) is 12.4. The summed E-state index contributed by atoms with van der Waals surface area (Å²) in [5.41, 5.74) is 4.35. The van der Waals surface area contributed by atoms with Crippen LogP contribution in [0.1, 0.15) is 36.4 Å². The molecule has 0 aliphatic carbocycles. The van der Waals surface area contributed by atoms with Gasteiger partial charge in [0.25, 0.3) is 5.91 Å². The van der Waals surface area contributed by atoms with Gasteiger partial charge in [-0.15, -0.1) is 24.8 Å². The summed E-state index contributed by atoms with van der Waals surface area (Å²) in [6.45, 7) is 9.57. The molecule has 0 bridgehead atoms. The number of aryl methyl sites for hydroxylation is 2. The fraction of sp³-hybridized carbons (Fsp3) is 0.429. The largest absolute Gasteiger partial charge is 0.376 e. The van der Waals surface area contributed by atoms with Crippen LogP contribution in [0.4, 0.5) is 10.1 Å². The summed E-state index contributed by atoms with van der Waals surface area (Å²) in [6, 6.07) is 10.6. The van der Waals surface area contributed by atoms with E-state index < -0.39 is 0 Å². The van der Waals surface area contributed by atoms with Gasteiger partial charge in [-0.1, -0.05) is 37.2 Å². The Bertz CT molecular complexity index is 1340. The fourth-order valence-corrected chi connectivity index (χ4v) is 4.41. The highest BCUT2D eigenvalue weighted by molar-refractivity contribution is 5.87. The molecule has 2 heterocycles. The van der Waals surface area contributed by atoms with Crippen molar-refractivity contribution in [3.05, 3.63) is 64.8 Å². The van der Waals surface area contributed by atoms with Gasteiger partial charge in [-0.2, -0.15) is 4.98 Å². The maximum Gasteiger partial charge on any atom is 0.256 e. The third kappa shape index (κ3) is 8.87. The summed E-state index contributed by atoms with van der Waals surface area (Å²) in [6.07, 6.45) is 0. The van der Waals surface area contributed by atoms with E-state index in [2.05, 4.69) is 20.8 Å². The molecular formula is C28H38Cl2FN7O3. The number of anilines is 1. The molecule has 2 aromatic carbocycles. The molecule has 1 aliphatic rings. The van der Waals surface area contributed by atoms with Crippen LogP contribution in [-0.4, -0.2) is 76.1 Å². The Labute approximate surface area is 252 Å². The summed E-state index contributed by atoms with van der Waals surface area (Å²) in [4.78, 5) is 32.4. The van der Waals surface area contributed by atoms with E-state index in [1.807, 2.05) is 44.0 Å². The average Bonchev–Trinajstić information content (AvgIpc) is 3.52. The summed E-state index contributed by atoms with van der Waals surface area (Å²) in [7, 11) is 1.69. The highest BCUT2D eigenvalue weighted by Gasteiger charge is 2.27. The molecule has 0 fully saturated rings. The monoisotopic (exact) mass is 609 g/mol. The van der Waals surface area contributed by atoms with Crippen LogP contribution in [0.15, 0.2) is 40.9 Å². The lowest BCUT2D eigenvalue weighted by Crippen LogP contribution is -2.49.